The van der Waals surface area contributed by atoms with Crippen LogP contribution in [0.15, 0.2) is 46.0 Å². The van der Waals surface area contributed by atoms with Crippen molar-refractivity contribution in [3.63, 3.8) is 0 Å². The lowest BCUT2D eigenvalue weighted by molar-refractivity contribution is -0.384. The fourth-order valence-electron chi connectivity index (χ4n) is 2.20. The Kier molecular flexibility index (Phi) is 5.35. The minimum absolute atomic E-state index is 0.00567. The Morgan fingerprint density at radius 2 is 1.93 bits per heavy atom. The highest BCUT2D eigenvalue weighted by Crippen LogP contribution is 2.32. The minimum atomic E-state index is -3.27. The highest BCUT2D eigenvalue weighted by molar-refractivity contribution is 7.90. The van der Waals surface area contributed by atoms with E-state index in [1.165, 1.54) is 46.3 Å². The molecule has 3 aromatic rings. The van der Waals surface area contributed by atoms with E-state index in [9.17, 15) is 23.3 Å². The van der Waals surface area contributed by atoms with Gasteiger partial charge in [-0.05, 0) is 17.7 Å². The molecule has 2 heterocycles. The standard InChI is InChI=1S/C16H13N3O5S3/c1-27(23,24)12-4-2-10(3-5-12)6-15(20)18-16-17-13(9-26-16)14-7-11(8-25-14)19(21)22/h2-5,7-9H,6H2,1H3,(H,17,18,20). The molecule has 8 nitrogen and oxygen atoms in total. The van der Waals surface area contributed by atoms with Crippen molar-refractivity contribution in [1.29, 1.82) is 0 Å². The Bertz CT molecular complexity index is 1100. The highest BCUT2D eigenvalue weighted by Gasteiger charge is 2.14. The van der Waals surface area contributed by atoms with Crippen LogP contribution in [0.5, 0.6) is 0 Å². The molecule has 2 aromatic heterocycles. The molecule has 0 saturated heterocycles. The molecule has 0 atom stereocenters. The maximum absolute atomic E-state index is 12.2. The second-order valence-electron chi connectivity index (χ2n) is 5.61. The predicted molar refractivity (Wildman–Crippen MR) is 104 cm³/mol. The molecule has 0 unspecified atom stereocenters. The van der Waals surface area contributed by atoms with Crippen LogP contribution in [-0.4, -0.2) is 30.5 Å². The van der Waals surface area contributed by atoms with Crippen LogP contribution in [0.4, 0.5) is 10.8 Å². The number of thiophene rings is 1. The first-order valence-electron chi connectivity index (χ1n) is 7.50. The molecular formula is C16H13N3O5S3. The molecular weight excluding hydrogens is 410 g/mol. The van der Waals surface area contributed by atoms with E-state index in [4.69, 9.17) is 0 Å². The number of hydrogen-bond acceptors (Lipinski definition) is 8. The number of nitro groups is 1. The van der Waals surface area contributed by atoms with E-state index in [-0.39, 0.29) is 22.9 Å². The number of aromatic nitrogens is 1. The van der Waals surface area contributed by atoms with E-state index in [0.717, 1.165) is 6.26 Å². The maximum atomic E-state index is 12.2. The van der Waals surface area contributed by atoms with Crippen LogP contribution in [0.3, 0.4) is 0 Å². The normalized spacial score (nSPS) is 11.3. The van der Waals surface area contributed by atoms with Crippen molar-refractivity contribution < 1.29 is 18.1 Å². The van der Waals surface area contributed by atoms with Gasteiger partial charge in [-0.1, -0.05) is 12.1 Å². The third-order valence-corrected chi connectivity index (χ3v) is 6.34. The quantitative estimate of drug-likeness (QED) is 0.479. The third-order valence-electron chi connectivity index (χ3n) is 3.52. The van der Waals surface area contributed by atoms with E-state index < -0.39 is 14.8 Å². The number of benzene rings is 1. The van der Waals surface area contributed by atoms with Gasteiger partial charge in [0.05, 0.1) is 32.2 Å². The van der Waals surface area contributed by atoms with Crippen LogP contribution < -0.4 is 5.32 Å². The van der Waals surface area contributed by atoms with Crippen LogP contribution in [0, 0.1) is 10.1 Å². The predicted octanol–water partition coefficient (Wildman–Crippen LogP) is 3.36. The summed E-state index contributed by atoms with van der Waals surface area (Å²) in [4.78, 5) is 27.6. The first kappa shape index (κ1) is 19.1. The molecule has 27 heavy (non-hydrogen) atoms. The summed E-state index contributed by atoms with van der Waals surface area (Å²) in [6.07, 6.45) is 1.19. The zero-order valence-corrected chi connectivity index (χ0v) is 16.4. The lowest BCUT2D eigenvalue weighted by Gasteiger charge is -2.03. The summed E-state index contributed by atoms with van der Waals surface area (Å²) in [6.45, 7) is 0. The van der Waals surface area contributed by atoms with Gasteiger partial charge >= 0.3 is 0 Å². The largest absolute Gasteiger partial charge is 0.302 e. The zero-order chi connectivity index (χ0) is 19.6. The molecule has 0 aliphatic rings. The summed E-state index contributed by atoms with van der Waals surface area (Å²) in [5, 5.41) is 17.0. The van der Waals surface area contributed by atoms with Crippen molar-refractivity contribution in [3.05, 3.63) is 56.8 Å². The van der Waals surface area contributed by atoms with Gasteiger partial charge in [-0.15, -0.1) is 22.7 Å². The zero-order valence-electron chi connectivity index (χ0n) is 13.9. The van der Waals surface area contributed by atoms with Gasteiger partial charge in [0, 0.05) is 17.7 Å². The average Bonchev–Trinajstić information content (AvgIpc) is 3.23. The van der Waals surface area contributed by atoms with Crippen molar-refractivity contribution in [2.24, 2.45) is 0 Å². The second kappa shape index (κ2) is 7.55. The summed E-state index contributed by atoms with van der Waals surface area (Å²) in [5.41, 5.74) is 1.24. The summed E-state index contributed by atoms with van der Waals surface area (Å²) in [5.74, 6) is -0.292. The van der Waals surface area contributed by atoms with Gasteiger partial charge < -0.3 is 5.32 Å². The monoisotopic (exact) mass is 423 g/mol. The van der Waals surface area contributed by atoms with E-state index in [2.05, 4.69) is 10.3 Å². The fraction of sp³-hybridized carbons (Fsp3) is 0.125. The Morgan fingerprint density at radius 1 is 1.22 bits per heavy atom. The topological polar surface area (TPSA) is 119 Å². The molecule has 0 radical (unpaired) electrons. The molecule has 0 fully saturated rings. The smallest absolute Gasteiger partial charge is 0.280 e. The molecule has 0 spiro atoms. The summed E-state index contributed by atoms with van der Waals surface area (Å²) in [6, 6.07) is 7.54. The summed E-state index contributed by atoms with van der Waals surface area (Å²) in [7, 11) is -3.27. The Labute approximate surface area is 162 Å². The Balaban J connectivity index is 1.64. The number of carbonyl (C=O) groups is 1. The number of thiazole rings is 1. The van der Waals surface area contributed by atoms with Crippen LogP contribution in [-0.2, 0) is 21.1 Å². The van der Waals surface area contributed by atoms with Gasteiger partial charge in [-0.25, -0.2) is 13.4 Å². The number of nitrogens with zero attached hydrogens (tertiary/aromatic N) is 2. The lowest BCUT2D eigenvalue weighted by Crippen LogP contribution is -2.14. The molecule has 3 rings (SSSR count). The van der Waals surface area contributed by atoms with Crippen molar-refractivity contribution in [2.45, 2.75) is 11.3 Å². The number of amides is 1. The van der Waals surface area contributed by atoms with E-state index >= 15 is 0 Å². The van der Waals surface area contributed by atoms with Crippen LogP contribution in [0.25, 0.3) is 10.6 Å². The van der Waals surface area contributed by atoms with Crippen LogP contribution in [0.1, 0.15) is 5.56 Å². The number of nitrogens with one attached hydrogen (secondary N) is 1. The molecule has 140 valence electrons. The highest BCUT2D eigenvalue weighted by atomic mass is 32.2. The van der Waals surface area contributed by atoms with Gasteiger partial charge in [0.15, 0.2) is 15.0 Å². The molecule has 1 aromatic carbocycles. The SMILES string of the molecule is CS(=O)(=O)c1ccc(CC(=O)Nc2nc(-c3cc([N+](=O)[O-])cs3)cs2)cc1. The summed E-state index contributed by atoms with van der Waals surface area (Å²) >= 11 is 2.43. The van der Waals surface area contributed by atoms with Crippen molar-refractivity contribution >= 4 is 49.2 Å². The number of rotatable bonds is 6. The van der Waals surface area contributed by atoms with Gasteiger partial charge in [0.1, 0.15) is 0 Å². The number of sulfone groups is 1. The molecule has 1 N–H and O–H groups in total. The number of anilines is 1. The van der Waals surface area contributed by atoms with Crippen molar-refractivity contribution in [1.82, 2.24) is 4.98 Å². The van der Waals surface area contributed by atoms with Crippen molar-refractivity contribution in [2.75, 3.05) is 11.6 Å². The summed E-state index contributed by atoms with van der Waals surface area (Å²) < 4.78 is 22.9. The average molecular weight is 423 g/mol. The van der Waals surface area contributed by atoms with Gasteiger partial charge in [0.2, 0.25) is 5.91 Å². The van der Waals surface area contributed by atoms with Crippen molar-refractivity contribution in [3.8, 4) is 10.6 Å². The second-order valence-corrected chi connectivity index (χ2v) is 9.39. The van der Waals surface area contributed by atoms with E-state index in [0.29, 0.717) is 21.3 Å². The molecule has 11 heteroatoms. The molecule has 0 saturated carbocycles. The lowest BCUT2D eigenvalue weighted by atomic mass is 10.1. The number of carbonyl (C=O) groups excluding carboxylic acids is 1. The number of hydrogen-bond donors (Lipinski definition) is 1. The molecule has 0 aliphatic carbocycles. The van der Waals surface area contributed by atoms with Crippen LogP contribution in [0.2, 0.25) is 0 Å². The fourth-order valence-corrected chi connectivity index (χ4v) is 4.45. The molecule has 0 aliphatic heterocycles. The minimum Gasteiger partial charge on any atom is -0.302 e. The first-order valence-corrected chi connectivity index (χ1v) is 11.1. The first-order chi connectivity index (χ1) is 12.7. The third kappa shape index (κ3) is 4.76. The molecule has 1 amide bonds. The van der Waals surface area contributed by atoms with E-state index in [1.807, 2.05) is 0 Å². The molecule has 0 bridgehead atoms. The van der Waals surface area contributed by atoms with Gasteiger partial charge in [-0.3, -0.25) is 14.9 Å². The Hall–Kier alpha value is -2.63. The van der Waals surface area contributed by atoms with Gasteiger partial charge in [-0.2, -0.15) is 0 Å². The van der Waals surface area contributed by atoms with Crippen LogP contribution >= 0.6 is 22.7 Å². The maximum Gasteiger partial charge on any atom is 0.280 e. The van der Waals surface area contributed by atoms with Gasteiger partial charge in [0.25, 0.3) is 5.69 Å². The van der Waals surface area contributed by atoms with E-state index in [1.54, 1.807) is 17.5 Å². The Morgan fingerprint density at radius 3 is 2.52 bits per heavy atom.